The molecule has 1 aromatic heterocycles. The Balaban J connectivity index is 1.85. The smallest absolute Gasteiger partial charge is 0.268 e. The molecule has 0 atom stereocenters. The van der Waals surface area contributed by atoms with Gasteiger partial charge in [0.2, 0.25) is 0 Å². The maximum absolute atomic E-state index is 11.3. The zero-order valence-electron chi connectivity index (χ0n) is 11.7. The van der Waals surface area contributed by atoms with Crippen LogP contribution in [0.5, 0.6) is 0 Å². The van der Waals surface area contributed by atoms with Crippen molar-refractivity contribution >= 4 is 5.91 Å². The number of nitrogens with two attached hydrogens (primary N) is 1. The second-order valence-electron chi connectivity index (χ2n) is 5.63. The lowest BCUT2D eigenvalue weighted by Crippen LogP contribution is -2.34. The van der Waals surface area contributed by atoms with E-state index in [-0.39, 0.29) is 5.91 Å². The number of hydrogen-bond acceptors (Lipinski definition) is 4. The SMILES string of the molecule is CC(C)C1CCN(Cc2cc(C(=O)NN)co2)CC1. The van der Waals surface area contributed by atoms with E-state index < -0.39 is 0 Å². The van der Waals surface area contributed by atoms with Crippen LogP contribution in [-0.4, -0.2) is 23.9 Å². The highest BCUT2D eigenvalue weighted by Crippen LogP contribution is 2.25. The first-order chi connectivity index (χ1) is 9.10. The van der Waals surface area contributed by atoms with Gasteiger partial charge in [-0.15, -0.1) is 0 Å². The lowest BCUT2D eigenvalue weighted by molar-refractivity contribution is 0.0953. The summed E-state index contributed by atoms with van der Waals surface area (Å²) in [6, 6.07) is 1.76. The van der Waals surface area contributed by atoms with E-state index in [2.05, 4.69) is 24.2 Å². The molecular weight excluding hydrogens is 242 g/mol. The van der Waals surface area contributed by atoms with Crippen molar-refractivity contribution in [2.24, 2.45) is 17.7 Å². The molecule has 1 aromatic rings. The molecule has 0 saturated carbocycles. The molecular formula is C14H23N3O2. The van der Waals surface area contributed by atoms with Gasteiger partial charge in [-0.2, -0.15) is 0 Å². The van der Waals surface area contributed by atoms with E-state index in [1.54, 1.807) is 6.07 Å². The van der Waals surface area contributed by atoms with Crippen molar-refractivity contribution in [3.8, 4) is 0 Å². The van der Waals surface area contributed by atoms with E-state index in [0.717, 1.165) is 37.2 Å². The highest BCUT2D eigenvalue weighted by Gasteiger charge is 2.22. The minimum atomic E-state index is -0.312. The largest absolute Gasteiger partial charge is 0.467 e. The van der Waals surface area contributed by atoms with E-state index >= 15 is 0 Å². The van der Waals surface area contributed by atoms with E-state index in [9.17, 15) is 4.79 Å². The van der Waals surface area contributed by atoms with Crippen LogP contribution in [0.3, 0.4) is 0 Å². The Morgan fingerprint density at radius 3 is 2.79 bits per heavy atom. The summed E-state index contributed by atoms with van der Waals surface area (Å²) in [5.74, 6) is 7.21. The minimum Gasteiger partial charge on any atom is -0.467 e. The maximum Gasteiger partial charge on any atom is 0.268 e. The molecule has 0 aliphatic carbocycles. The molecule has 2 heterocycles. The van der Waals surface area contributed by atoms with Crippen LogP contribution in [0.25, 0.3) is 0 Å². The molecule has 0 spiro atoms. The molecule has 0 aromatic carbocycles. The van der Waals surface area contributed by atoms with Gasteiger partial charge in [0.1, 0.15) is 12.0 Å². The molecule has 1 saturated heterocycles. The Bertz CT molecular complexity index is 420. The average Bonchev–Trinajstić information content (AvgIpc) is 2.87. The van der Waals surface area contributed by atoms with Crippen molar-refractivity contribution in [2.75, 3.05) is 13.1 Å². The van der Waals surface area contributed by atoms with Crippen LogP contribution in [0.1, 0.15) is 42.8 Å². The molecule has 1 aliphatic heterocycles. The quantitative estimate of drug-likeness (QED) is 0.494. The van der Waals surface area contributed by atoms with Crippen LogP contribution < -0.4 is 11.3 Å². The number of nitrogens with one attached hydrogen (secondary N) is 1. The van der Waals surface area contributed by atoms with Gasteiger partial charge < -0.3 is 4.42 Å². The summed E-state index contributed by atoms with van der Waals surface area (Å²) >= 11 is 0. The first-order valence-corrected chi connectivity index (χ1v) is 6.91. The summed E-state index contributed by atoms with van der Waals surface area (Å²) in [4.78, 5) is 13.7. The highest BCUT2D eigenvalue weighted by molar-refractivity contribution is 5.93. The fourth-order valence-corrected chi connectivity index (χ4v) is 2.66. The fraction of sp³-hybridized carbons (Fsp3) is 0.643. The van der Waals surface area contributed by atoms with E-state index in [0.29, 0.717) is 5.56 Å². The number of furan rings is 1. The number of amides is 1. The van der Waals surface area contributed by atoms with Crippen molar-refractivity contribution in [3.05, 3.63) is 23.7 Å². The number of carbonyl (C=O) groups excluding carboxylic acids is 1. The second-order valence-corrected chi connectivity index (χ2v) is 5.63. The molecule has 2 rings (SSSR count). The predicted molar refractivity (Wildman–Crippen MR) is 73.2 cm³/mol. The predicted octanol–water partition coefficient (Wildman–Crippen LogP) is 1.75. The molecule has 0 radical (unpaired) electrons. The van der Waals surface area contributed by atoms with Crippen molar-refractivity contribution in [2.45, 2.75) is 33.2 Å². The molecule has 5 heteroatoms. The molecule has 5 nitrogen and oxygen atoms in total. The van der Waals surface area contributed by atoms with Crippen LogP contribution in [0.2, 0.25) is 0 Å². The topological polar surface area (TPSA) is 71.5 Å². The summed E-state index contributed by atoms with van der Waals surface area (Å²) in [7, 11) is 0. The first kappa shape index (κ1) is 14.1. The van der Waals surface area contributed by atoms with Gasteiger partial charge in [-0.1, -0.05) is 13.8 Å². The molecule has 0 unspecified atom stereocenters. The summed E-state index contributed by atoms with van der Waals surface area (Å²) < 4.78 is 5.41. The Labute approximate surface area is 114 Å². The number of rotatable bonds is 4. The molecule has 1 aliphatic rings. The van der Waals surface area contributed by atoms with Gasteiger partial charge in [0.15, 0.2) is 0 Å². The molecule has 1 amide bonds. The lowest BCUT2D eigenvalue weighted by Gasteiger charge is -2.33. The normalized spacial score (nSPS) is 17.9. The first-order valence-electron chi connectivity index (χ1n) is 6.91. The summed E-state index contributed by atoms with van der Waals surface area (Å²) in [5, 5.41) is 0. The van der Waals surface area contributed by atoms with Gasteiger partial charge in [-0.05, 0) is 43.8 Å². The molecule has 3 N–H and O–H groups in total. The van der Waals surface area contributed by atoms with Gasteiger partial charge in [0, 0.05) is 0 Å². The number of piperidine rings is 1. The summed E-state index contributed by atoms with van der Waals surface area (Å²) in [6.45, 7) is 7.56. The van der Waals surface area contributed by atoms with Gasteiger partial charge in [0.05, 0.1) is 12.1 Å². The summed E-state index contributed by atoms with van der Waals surface area (Å²) in [5.41, 5.74) is 2.59. The van der Waals surface area contributed by atoms with E-state index in [1.807, 2.05) is 0 Å². The third-order valence-electron chi connectivity index (χ3n) is 4.00. The molecule has 0 bridgehead atoms. The zero-order chi connectivity index (χ0) is 13.8. The Hall–Kier alpha value is -1.33. The van der Waals surface area contributed by atoms with Crippen LogP contribution in [0.4, 0.5) is 0 Å². The Kier molecular flexibility index (Phi) is 4.61. The van der Waals surface area contributed by atoms with Gasteiger partial charge >= 0.3 is 0 Å². The zero-order valence-corrected chi connectivity index (χ0v) is 11.7. The monoisotopic (exact) mass is 265 g/mol. The van der Waals surface area contributed by atoms with Gasteiger partial charge in [-0.25, -0.2) is 5.84 Å². The Morgan fingerprint density at radius 1 is 1.53 bits per heavy atom. The third-order valence-corrected chi connectivity index (χ3v) is 4.00. The molecule has 1 fully saturated rings. The van der Waals surface area contributed by atoms with Gasteiger partial charge in [0.25, 0.3) is 5.91 Å². The van der Waals surface area contributed by atoms with Crippen molar-refractivity contribution in [3.63, 3.8) is 0 Å². The second kappa shape index (κ2) is 6.21. The fourth-order valence-electron chi connectivity index (χ4n) is 2.66. The van der Waals surface area contributed by atoms with Crippen LogP contribution in [0, 0.1) is 11.8 Å². The molecule has 106 valence electrons. The average molecular weight is 265 g/mol. The number of nitrogens with zero attached hydrogens (tertiary/aromatic N) is 1. The highest BCUT2D eigenvalue weighted by atomic mass is 16.3. The van der Waals surface area contributed by atoms with Crippen LogP contribution in [0.15, 0.2) is 16.7 Å². The number of nitrogen functional groups attached to an aromatic ring is 1. The minimum absolute atomic E-state index is 0.312. The molecule has 19 heavy (non-hydrogen) atoms. The van der Waals surface area contributed by atoms with Crippen molar-refractivity contribution < 1.29 is 9.21 Å². The van der Waals surface area contributed by atoms with E-state index in [4.69, 9.17) is 10.3 Å². The van der Waals surface area contributed by atoms with Crippen molar-refractivity contribution in [1.82, 2.24) is 10.3 Å². The summed E-state index contributed by atoms with van der Waals surface area (Å²) in [6.07, 6.45) is 3.95. The number of likely N-dealkylation sites (tertiary alicyclic amines) is 1. The van der Waals surface area contributed by atoms with Crippen LogP contribution in [-0.2, 0) is 6.54 Å². The Morgan fingerprint density at radius 2 is 2.21 bits per heavy atom. The van der Waals surface area contributed by atoms with Gasteiger partial charge in [-0.3, -0.25) is 15.1 Å². The van der Waals surface area contributed by atoms with Crippen LogP contribution >= 0.6 is 0 Å². The number of hydrogen-bond donors (Lipinski definition) is 2. The maximum atomic E-state index is 11.3. The number of hydrazine groups is 1. The lowest BCUT2D eigenvalue weighted by atomic mass is 9.87. The standard InChI is InChI=1S/C14H23N3O2/c1-10(2)11-3-5-17(6-4-11)8-13-7-12(9-19-13)14(18)16-15/h7,9-11H,3-6,8,15H2,1-2H3,(H,16,18). The van der Waals surface area contributed by atoms with E-state index in [1.165, 1.54) is 19.1 Å². The number of carbonyl (C=O) groups is 1. The third kappa shape index (κ3) is 3.58. The van der Waals surface area contributed by atoms with Crippen molar-refractivity contribution in [1.29, 1.82) is 0 Å².